The molecule has 0 fully saturated rings. The van der Waals surface area contributed by atoms with Crippen molar-refractivity contribution < 1.29 is 14.3 Å². The molecule has 0 heterocycles. The highest BCUT2D eigenvalue weighted by Crippen LogP contribution is 2.34. The molecule has 2 aromatic rings. The van der Waals surface area contributed by atoms with Crippen molar-refractivity contribution in [1.82, 2.24) is 0 Å². The Morgan fingerprint density at radius 1 is 0.905 bits per heavy atom. The summed E-state index contributed by atoms with van der Waals surface area (Å²) < 4.78 is 11.1. The summed E-state index contributed by atoms with van der Waals surface area (Å²) in [5.41, 5.74) is 0.265. The summed E-state index contributed by atoms with van der Waals surface area (Å²) >= 11 is 0. The molecule has 0 aromatic heterocycles. The van der Waals surface area contributed by atoms with E-state index in [0.29, 0.717) is 0 Å². The number of rotatable bonds is 5. The van der Waals surface area contributed by atoms with Crippen LogP contribution in [0.3, 0.4) is 0 Å². The molecule has 0 saturated carbocycles. The van der Waals surface area contributed by atoms with Crippen molar-refractivity contribution in [3.63, 3.8) is 0 Å². The van der Waals surface area contributed by atoms with Crippen LogP contribution in [0.15, 0.2) is 60.7 Å². The van der Waals surface area contributed by atoms with Gasteiger partial charge in [-0.3, -0.25) is 0 Å². The maximum Gasteiger partial charge on any atom is 0.348 e. The minimum atomic E-state index is -1.24. The number of carbonyl (C=O) groups is 1. The van der Waals surface area contributed by atoms with Gasteiger partial charge in [0.2, 0.25) is 5.60 Å². The number of hydrogen-bond acceptors (Lipinski definition) is 3. The van der Waals surface area contributed by atoms with E-state index in [9.17, 15) is 4.79 Å². The van der Waals surface area contributed by atoms with Crippen LogP contribution >= 0.6 is 0 Å². The third-order valence-electron chi connectivity index (χ3n) is 3.30. The van der Waals surface area contributed by atoms with Gasteiger partial charge in [-0.15, -0.1) is 0 Å². The summed E-state index contributed by atoms with van der Waals surface area (Å²) in [6, 6.07) is 18.8. The van der Waals surface area contributed by atoms with Gasteiger partial charge < -0.3 is 9.47 Å². The first kappa shape index (κ1) is 15.3. The first-order valence-electron chi connectivity index (χ1n) is 6.98. The number of esters is 1. The Bertz CT molecular complexity index is 536. The third-order valence-corrected chi connectivity index (χ3v) is 3.30. The van der Waals surface area contributed by atoms with Crippen molar-refractivity contribution in [3.8, 4) is 0 Å². The first-order chi connectivity index (χ1) is 10.1. The second kappa shape index (κ2) is 6.55. The van der Waals surface area contributed by atoms with Crippen LogP contribution in [0, 0.1) is 0 Å². The second-order valence-corrected chi connectivity index (χ2v) is 5.07. The van der Waals surface area contributed by atoms with E-state index in [-0.39, 0.29) is 6.10 Å². The molecule has 21 heavy (non-hydrogen) atoms. The minimum absolute atomic E-state index is 0.209. The lowest BCUT2D eigenvalue weighted by molar-refractivity contribution is -0.169. The van der Waals surface area contributed by atoms with Gasteiger partial charge in [0, 0.05) is 7.11 Å². The number of methoxy groups -OCH3 is 1. The molecule has 0 radical (unpaired) electrons. The number of hydrogen-bond donors (Lipinski definition) is 0. The topological polar surface area (TPSA) is 35.5 Å². The Balaban J connectivity index is 2.60. The molecule has 3 nitrogen and oxygen atoms in total. The Kier molecular flexibility index (Phi) is 4.76. The molecule has 0 N–H and O–H groups in total. The number of ether oxygens (including phenoxy) is 2. The lowest BCUT2D eigenvalue weighted by Gasteiger charge is -2.31. The molecule has 0 amide bonds. The summed E-state index contributed by atoms with van der Waals surface area (Å²) in [6.45, 7) is 3.66. The quantitative estimate of drug-likeness (QED) is 0.788. The minimum Gasteiger partial charge on any atom is -0.460 e. The molecule has 0 atom stereocenters. The first-order valence-corrected chi connectivity index (χ1v) is 6.98. The molecular weight excluding hydrogens is 264 g/mol. The second-order valence-electron chi connectivity index (χ2n) is 5.07. The Morgan fingerprint density at radius 2 is 1.33 bits per heavy atom. The van der Waals surface area contributed by atoms with Gasteiger partial charge in [-0.2, -0.15) is 0 Å². The zero-order valence-electron chi connectivity index (χ0n) is 12.6. The average molecular weight is 284 g/mol. The zero-order chi connectivity index (χ0) is 15.3. The van der Waals surface area contributed by atoms with Crippen LogP contribution < -0.4 is 0 Å². The van der Waals surface area contributed by atoms with Gasteiger partial charge in [0.25, 0.3) is 0 Å². The Labute approximate surface area is 125 Å². The molecule has 0 saturated heterocycles. The average Bonchev–Trinajstić information content (AvgIpc) is 2.50. The fraction of sp³-hybridized carbons (Fsp3) is 0.278. The number of benzene rings is 2. The van der Waals surface area contributed by atoms with E-state index in [2.05, 4.69) is 0 Å². The summed E-state index contributed by atoms with van der Waals surface area (Å²) in [5, 5.41) is 0. The molecule has 2 aromatic carbocycles. The zero-order valence-corrected chi connectivity index (χ0v) is 12.6. The van der Waals surface area contributed by atoms with E-state index in [0.717, 1.165) is 11.1 Å². The summed E-state index contributed by atoms with van der Waals surface area (Å²) in [7, 11) is 1.53. The van der Waals surface area contributed by atoms with Gasteiger partial charge in [0.05, 0.1) is 6.10 Å². The van der Waals surface area contributed by atoms with E-state index in [1.54, 1.807) is 0 Å². The van der Waals surface area contributed by atoms with Crippen LogP contribution in [-0.2, 0) is 19.9 Å². The van der Waals surface area contributed by atoms with E-state index in [1.807, 2.05) is 74.5 Å². The molecule has 110 valence electrons. The third kappa shape index (κ3) is 2.98. The molecule has 0 aliphatic rings. The van der Waals surface area contributed by atoms with Crippen molar-refractivity contribution in [3.05, 3.63) is 71.8 Å². The highest BCUT2D eigenvalue weighted by molar-refractivity contribution is 5.86. The lowest BCUT2D eigenvalue weighted by atomic mass is 9.86. The van der Waals surface area contributed by atoms with Gasteiger partial charge in [-0.25, -0.2) is 4.79 Å². The van der Waals surface area contributed by atoms with E-state index in [1.165, 1.54) is 7.11 Å². The molecule has 0 aliphatic carbocycles. The smallest absolute Gasteiger partial charge is 0.348 e. The molecule has 0 aliphatic heterocycles. The molecule has 2 rings (SSSR count). The molecule has 0 unspecified atom stereocenters. The molecular formula is C18H20O3. The summed E-state index contributed by atoms with van der Waals surface area (Å²) in [5.74, 6) is -0.405. The van der Waals surface area contributed by atoms with Crippen LogP contribution in [0.1, 0.15) is 25.0 Å². The largest absolute Gasteiger partial charge is 0.460 e. The van der Waals surface area contributed by atoms with Gasteiger partial charge in [0.15, 0.2) is 0 Å². The van der Waals surface area contributed by atoms with Gasteiger partial charge >= 0.3 is 5.97 Å². The van der Waals surface area contributed by atoms with E-state index >= 15 is 0 Å². The highest BCUT2D eigenvalue weighted by Gasteiger charge is 2.44. The maximum atomic E-state index is 12.8. The van der Waals surface area contributed by atoms with Crippen LogP contribution in [0.2, 0.25) is 0 Å². The van der Waals surface area contributed by atoms with Crippen molar-refractivity contribution in [2.75, 3.05) is 7.11 Å². The van der Waals surface area contributed by atoms with Crippen LogP contribution in [0.25, 0.3) is 0 Å². The van der Waals surface area contributed by atoms with Crippen LogP contribution in [0.4, 0.5) is 0 Å². The highest BCUT2D eigenvalue weighted by atomic mass is 16.6. The number of carbonyl (C=O) groups excluding carboxylic acids is 1. The van der Waals surface area contributed by atoms with Gasteiger partial charge in [-0.05, 0) is 25.0 Å². The fourth-order valence-corrected chi connectivity index (χ4v) is 2.36. The normalized spacial score (nSPS) is 11.4. The summed E-state index contributed by atoms with van der Waals surface area (Å²) in [4.78, 5) is 12.8. The van der Waals surface area contributed by atoms with Gasteiger partial charge in [-0.1, -0.05) is 60.7 Å². The maximum absolute atomic E-state index is 12.8. The molecule has 3 heteroatoms. The Morgan fingerprint density at radius 3 is 1.67 bits per heavy atom. The summed E-state index contributed by atoms with van der Waals surface area (Å²) in [6.07, 6.45) is -0.209. The molecule has 0 spiro atoms. The Hall–Kier alpha value is -2.13. The lowest BCUT2D eigenvalue weighted by Crippen LogP contribution is -2.41. The van der Waals surface area contributed by atoms with Gasteiger partial charge in [0.1, 0.15) is 0 Å². The van der Waals surface area contributed by atoms with Crippen molar-refractivity contribution >= 4 is 5.97 Å². The monoisotopic (exact) mass is 284 g/mol. The molecule has 0 bridgehead atoms. The predicted octanol–water partition coefficient (Wildman–Crippen LogP) is 3.53. The fourth-order valence-electron chi connectivity index (χ4n) is 2.36. The van der Waals surface area contributed by atoms with Crippen molar-refractivity contribution in [2.45, 2.75) is 25.6 Å². The van der Waals surface area contributed by atoms with E-state index in [4.69, 9.17) is 9.47 Å². The standard InChI is InChI=1S/C18H20O3/c1-14(2)21-17(19)18(20-3,15-10-6-4-7-11-15)16-12-8-5-9-13-16/h4-14H,1-3H3. The van der Waals surface area contributed by atoms with Crippen LogP contribution in [0.5, 0.6) is 0 Å². The van der Waals surface area contributed by atoms with Crippen molar-refractivity contribution in [1.29, 1.82) is 0 Å². The van der Waals surface area contributed by atoms with E-state index < -0.39 is 11.6 Å². The SMILES string of the molecule is COC(C(=O)OC(C)C)(c1ccccc1)c1ccccc1. The predicted molar refractivity (Wildman–Crippen MR) is 81.9 cm³/mol. The van der Waals surface area contributed by atoms with Crippen LogP contribution in [-0.4, -0.2) is 19.2 Å². The van der Waals surface area contributed by atoms with Crippen molar-refractivity contribution in [2.24, 2.45) is 0 Å².